The van der Waals surface area contributed by atoms with Crippen LogP contribution in [0, 0.1) is 0 Å². The molecule has 146 valence electrons. The number of carbonyl (C=O) groups excluding carboxylic acids is 2. The normalized spacial score (nSPS) is 18.1. The number of urea groups is 1. The lowest BCUT2D eigenvalue weighted by atomic mass is 10.2. The molecule has 2 saturated heterocycles. The number of amides is 3. The molecule has 2 aliphatic heterocycles. The summed E-state index contributed by atoms with van der Waals surface area (Å²) in [6.45, 7) is 6.53. The summed E-state index contributed by atoms with van der Waals surface area (Å²) in [6.07, 6.45) is 0. The zero-order valence-electron chi connectivity index (χ0n) is 15.5. The maximum absolute atomic E-state index is 11.6. The summed E-state index contributed by atoms with van der Waals surface area (Å²) in [5, 5.41) is 15.8. The molecule has 1 aromatic rings. The molecule has 0 radical (unpaired) electrons. The Labute approximate surface area is 158 Å². The first-order valence-corrected chi connectivity index (χ1v) is 9.24. The molecule has 3 amide bonds. The molecule has 3 rings (SSSR count). The SMILES string of the molecule is CCNC(=NCCN1C(=O)CNC1=O)N1CCN(c2ccccc2O)CC1. The average molecular weight is 374 g/mol. The summed E-state index contributed by atoms with van der Waals surface area (Å²) in [6, 6.07) is 7.00. The number of phenolic OH excluding ortho intramolecular Hbond substituents is 1. The first-order chi connectivity index (χ1) is 13.1. The number of imide groups is 1. The quantitative estimate of drug-likeness (QED) is 0.382. The Hall–Kier alpha value is -2.97. The minimum atomic E-state index is -0.350. The van der Waals surface area contributed by atoms with E-state index in [-0.39, 0.29) is 25.0 Å². The molecule has 0 spiro atoms. The van der Waals surface area contributed by atoms with Crippen molar-refractivity contribution in [2.24, 2.45) is 4.99 Å². The van der Waals surface area contributed by atoms with E-state index in [9.17, 15) is 14.7 Å². The van der Waals surface area contributed by atoms with Crippen molar-refractivity contribution in [2.75, 3.05) is 57.3 Å². The van der Waals surface area contributed by atoms with Gasteiger partial charge in [-0.2, -0.15) is 0 Å². The highest BCUT2D eigenvalue weighted by atomic mass is 16.3. The van der Waals surface area contributed by atoms with E-state index in [0.717, 1.165) is 44.4 Å². The smallest absolute Gasteiger partial charge is 0.324 e. The van der Waals surface area contributed by atoms with Crippen molar-refractivity contribution in [3.8, 4) is 5.75 Å². The molecular formula is C18H26N6O3. The summed E-state index contributed by atoms with van der Waals surface area (Å²) < 4.78 is 0. The van der Waals surface area contributed by atoms with Crippen LogP contribution < -0.4 is 15.5 Å². The van der Waals surface area contributed by atoms with Crippen molar-refractivity contribution >= 4 is 23.6 Å². The van der Waals surface area contributed by atoms with E-state index in [1.807, 2.05) is 25.1 Å². The molecular weight excluding hydrogens is 348 g/mol. The van der Waals surface area contributed by atoms with Gasteiger partial charge in [-0.15, -0.1) is 0 Å². The number of hydrogen-bond donors (Lipinski definition) is 3. The van der Waals surface area contributed by atoms with Gasteiger partial charge >= 0.3 is 6.03 Å². The molecule has 0 bridgehead atoms. The molecule has 1 aromatic carbocycles. The van der Waals surface area contributed by atoms with Gasteiger partial charge in [-0.3, -0.25) is 14.7 Å². The van der Waals surface area contributed by atoms with E-state index in [1.54, 1.807) is 6.07 Å². The van der Waals surface area contributed by atoms with Gasteiger partial charge in [-0.25, -0.2) is 4.79 Å². The Morgan fingerprint density at radius 1 is 1.22 bits per heavy atom. The second kappa shape index (κ2) is 8.61. The molecule has 2 aliphatic rings. The van der Waals surface area contributed by atoms with E-state index in [0.29, 0.717) is 12.3 Å². The third kappa shape index (κ3) is 4.42. The van der Waals surface area contributed by atoms with Crippen LogP contribution in [0.15, 0.2) is 29.3 Å². The Morgan fingerprint density at radius 2 is 1.96 bits per heavy atom. The number of hydrogen-bond acceptors (Lipinski definition) is 5. The fourth-order valence-corrected chi connectivity index (χ4v) is 3.25. The lowest BCUT2D eigenvalue weighted by Gasteiger charge is -2.37. The number of para-hydroxylation sites is 2. The van der Waals surface area contributed by atoms with Gasteiger partial charge in [-0.05, 0) is 19.1 Å². The van der Waals surface area contributed by atoms with Crippen molar-refractivity contribution in [2.45, 2.75) is 6.92 Å². The first kappa shape index (κ1) is 18.8. The van der Waals surface area contributed by atoms with Gasteiger partial charge in [0, 0.05) is 32.7 Å². The number of aliphatic imine (C=N–C) groups is 1. The zero-order valence-corrected chi connectivity index (χ0v) is 15.5. The van der Waals surface area contributed by atoms with Gasteiger partial charge in [0.15, 0.2) is 5.96 Å². The van der Waals surface area contributed by atoms with E-state index >= 15 is 0 Å². The van der Waals surface area contributed by atoms with E-state index < -0.39 is 0 Å². The monoisotopic (exact) mass is 374 g/mol. The van der Waals surface area contributed by atoms with Gasteiger partial charge in [0.05, 0.1) is 25.3 Å². The van der Waals surface area contributed by atoms with Crippen molar-refractivity contribution in [3.63, 3.8) is 0 Å². The molecule has 0 saturated carbocycles. The number of nitrogens with one attached hydrogen (secondary N) is 2. The topological polar surface area (TPSA) is 101 Å². The summed E-state index contributed by atoms with van der Waals surface area (Å²) in [5.74, 6) is 0.859. The zero-order chi connectivity index (χ0) is 19.2. The predicted octanol–water partition coefficient (Wildman–Crippen LogP) is 0.0315. The minimum Gasteiger partial charge on any atom is -0.506 e. The lowest BCUT2D eigenvalue weighted by molar-refractivity contribution is -0.124. The molecule has 0 aromatic heterocycles. The number of carbonyl (C=O) groups is 2. The third-order valence-corrected chi connectivity index (χ3v) is 4.66. The fourth-order valence-electron chi connectivity index (χ4n) is 3.25. The molecule has 9 nitrogen and oxygen atoms in total. The Morgan fingerprint density at radius 3 is 2.59 bits per heavy atom. The van der Waals surface area contributed by atoms with Gasteiger partial charge in [0.25, 0.3) is 0 Å². The van der Waals surface area contributed by atoms with Gasteiger partial charge < -0.3 is 25.5 Å². The van der Waals surface area contributed by atoms with E-state index in [4.69, 9.17) is 0 Å². The van der Waals surface area contributed by atoms with Crippen LogP contribution in [-0.2, 0) is 4.79 Å². The van der Waals surface area contributed by atoms with E-state index in [2.05, 4.69) is 25.4 Å². The maximum Gasteiger partial charge on any atom is 0.324 e. The second-order valence-corrected chi connectivity index (χ2v) is 6.40. The highest BCUT2D eigenvalue weighted by molar-refractivity contribution is 6.01. The van der Waals surface area contributed by atoms with Crippen LogP contribution in [0.25, 0.3) is 0 Å². The van der Waals surface area contributed by atoms with Gasteiger partial charge in [-0.1, -0.05) is 12.1 Å². The molecule has 0 atom stereocenters. The Balaban J connectivity index is 1.57. The molecule has 9 heteroatoms. The number of phenols is 1. The van der Waals surface area contributed by atoms with Crippen molar-refractivity contribution < 1.29 is 14.7 Å². The third-order valence-electron chi connectivity index (χ3n) is 4.66. The highest BCUT2D eigenvalue weighted by Gasteiger charge is 2.28. The lowest BCUT2D eigenvalue weighted by Crippen LogP contribution is -2.52. The molecule has 27 heavy (non-hydrogen) atoms. The number of aromatic hydroxyl groups is 1. The van der Waals surface area contributed by atoms with Crippen LogP contribution >= 0.6 is 0 Å². The van der Waals surface area contributed by atoms with E-state index in [1.165, 1.54) is 4.90 Å². The van der Waals surface area contributed by atoms with Crippen LogP contribution in [0.1, 0.15) is 6.92 Å². The maximum atomic E-state index is 11.6. The molecule has 2 heterocycles. The first-order valence-electron chi connectivity index (χ1n) is 9.24. The van der Waals surface area contributed by atoms with Crippen LogP contribution in [0.5, 0.6) is 5.75 Å². The fraction of sp³-hybridized carbons (Fsp3) is 0.500. The number of piperazine rings is 1. The Bertz CT molecular complexity index is 699. The summed E-state index contributed by atoms with van der Waals surface area (Å²) >= 11 is 0. The standard InChI is InChI=1S/C18H26N6O3/c1-2-19-17(20-7-8-24-16(26)13-21-18(24)27)23-11-9-22(10-12-23)14-5-3-4-6-15(14)25/h3-6,25H,2,7-13H2,1H3,(H,19,20)(H,21,27). The summed E-state index contributed by atoms with van der Waals surface area (Å²) in [5.41, 5.74) is 0.845. The second-order valence-electron chi connectivity index (χ2n) is 6.40. The molecule has 2 fully saturated rings. The predicted molar refractivity (Wildman–Crippen MR) is 103 cm³/mol. The van der Waals surface area contributed by atoms with Crippen molar-refractivity contribution in [1.82, 2.24) is 20.4 Å². The molecule has 0 unspecified atom stereocenters. The summed E-state index contributed by atoms with van der Waals surface area (Å²) in [4.78, 5) is 33.3. The number of rotatable bonds is 5. The van der Waals surface area contributed by atoms with Crippen molar-refractivity contribution in [1.29, 1.82) is 0 Å². The average Bonchev–Trinajstić information content (AvgIpc) is 3.00. The number of benzene rings is 1. The van der Waals surface area contributed by atoms with Crippen LogP contribution in [-0.4, -0.2) is 85.2 Å². The number of guanidine groups is 1. The summed E-state index contributed by atoms with van der Waals surface area (Å²) in [7, 11) is 0. The largest absolute Gasteiger partial charge is 0.506 e. The minimum absolute atomic E-state index is 0.0664. The highest BCUT2D eigenvalue weighted by Crippen LogP contribution is 2.27. The van der Waals surface area contributed by atoms with Crippen LogP contribution in [0.2, 0.25) is 0 Å². The van der Waals surface area contributed by atoms with Gasteiger partial charge in [0.2, 0.25) is 5.91 Å². The Kier molecular flexibility index (Phi) is 6.00. The van der Waals surface area contributed by atoms with Crippen molar-refractivity contribution in [3.05, 3.63) is 24.3 Å². The van der Waals surface area contributed by atoms with Crippen LogP contribution in [0.4, 0.5) is 10.5 Å². The molecule has 3 N–H and O–H groups in total. The number of nitrogens with zero attached hydrogens (tertiary/aromatic N) is 4. The van der Waals surface area contributed by atoms with Crippen LogP contribution in [0.3, 0.4) is 0 Å². The number of anilines is 1. The van der Waals surface area contributed by atoms with Gasteiger partial charge in [0.1, 0.15) is 5.75 Å². The molecule has 0 aliphatic carbocycles.